The maximum atomic E-state index is 6.32. The molecule has 1 nitrogen and oxygen atoms in total. The zero-order valence-electron chi connectivity index (χ0n) is 12.5. The minimum Gasteiger partial charge on any atom is -0.327 e. The predicted molar refractivity (Wildman–Crippen MR) is 81.6 cm³/mol. The van der Waals surface area contributed by atoms with Gasteiger partial charge in [-0.15, -0.1) is 0 Å². The van der Waals surface area contributed by atoms with Crippen LogP contribution in [-0.4, -0.2) is 6.04 Å². The molecule has 0 amide bonds. The molecular formula is C17H31N. The molecule has 0 aromatic rings. The third-order valence-corrected chi connectivity index (χ3v) is 4.09. The highest BCUT2D eigenvalue weighted by molar-refractivity contribution is 5.03. The maximum absolute atomic E-state index is 6.32. The Labute approximate surface area is 114 Å². The molecule has 0 aromatic carbocycles. The second-order valence-electron chi connectivity index (χ2n) is 6.17. The van der Waals surface area contributed by atoms with Crippen LogP contribution in [0.15, 0.2) is 23.3 Å². The third-order valence-electron chi connectivity index (χ3n) is 4.09. The molecule has 1 rings (SSSR count). The van der Waals surface area contributed by atoms with Crippen molar-refractivity contribution in [2.45, 2.75) is 78.2 Å². The maximum Gasteiger partial charge on any atom is 0.0102 e. The highest BCUT2D eigenvalue weighted by atomic mass is 14.6. The van der Waals surface area contributed by atoms with E-state index in [9.17, 15) is 0 Å². The molecule has 0 aliphatic heterocycles. The van der Waals surface area contributed by atoms with E-state index < -0.39 is 0 Å². The van der Waals surface area contributed by atoms with Crippen LogP contribution in [0.3, 0.4) is 0 Å². The zero-order valence-corrected chi connectivity index (χ0v) is 12.5. The molecule has 0 unspecified atom stereocenters. The number of hydrogen-bond donors (Lipinski definition) is 1. The van der Waals surface area contributed by atoms with Crippen molar-refractivity contribution in [2.24, 2.45) is 11.7 Å². The van der Waals surface area contributed by atoms with Gasteiger partial charge in [0, 0.05) is 6.04 Å². The van der Waals surface area contributed by atoms with E-state index in [4.69, 9.17) is 5.73 Å². The van der Waals surface area contributed by atoms with E-state index >= 15 is 0 Å². The van der Waals surface area contributed by atoms with Gasteiger partial charge in [-0.1, -0.05) is 42.6 Å². The molecular weight excluding hydrogens is 218 g/mol. The zero-order chi connectivity index (χ0) is 13.4. The van der Waals surface area contributed by atoms with Gasteiger partial charge in [-0.05, 0) is 58.8 Å². The summed E-state index contributed by atoms with van der Waals surface area (Å²) >= 11 is 0. The Hall–Kier alpha value is -0.560. The van der Waals surface area contributed by atoms with Gasteiger partial charge in [-0.2, -0.15) is 0 Å². The van der Waals surface area contributed by atoms with Gasteiger partial charge in [-0.25, -0.2) is 0 Å². The lowest BCUT2D eigenvalue weighted by Gasteiger charge is -2.26. The van der Waals surface area contributed by atoms with E-state index in [1.807, 2.05) is 0 Å². The van der Waals surface area contributed by atoms with Crippen molar-refractivity contribution in [1.82, 2.24) is 0 Å². The van der Waals surface area contributed by atoms with Gasteiger partial charge in [-0.3, -0.25) is 0 Å². The van der Waals surface area contributed by atoms with Crippen molar-refractivity contribution < 1.29 is 0 Å². The van der Waals surface area contributed by atoms with Gasteiger partial charge in [0.05, 0.1) is 0 Å². The van der Waals surface area contributed by atoms with Gasteiger partial charge in [0.25, 0.3) is 0 Å². The quantitative estimate of drug-likeness (QED) is 0.660. The van der Waals surface area contributed by atoms with Crippen LogP contribution in [-0.2, 0) is 0 Å². The topological polar surface area (TPSA) is 26.0 Å². The van der Waals surface area contributed by atoms with E-state index in [0.717, 1.165) is 12.3 Å². The molecule has 0 bridgehead atoms. The standard InChI is InChI=1S/C17H31N/c1-14(2)8-7-9-15(3)12-13-17(18)16-10-5-4-6-11-16/h8,12,16-17H,4-7,9-11,13,18H2,1-3H3/b15-12+/t17-/m1/s1. The van der Waals surface area contributed by atoms with Crippen molar-refractivity contribution in [2.75, 3.05) is 0 Å². The first-order valence-electron chi connectivity index (χ1n) is 7.64. The summed E-state index contributed by atoms with van der Waals surface area (Å²) in [7, 11) is 0. The second kappa shape index (κ2) is 8.53. The number of allylic oxidation sites excluding steroid dienone is 3. The van der Waals surface area contributed by atoms with Crippen molar-refractivity contribution in [3.8, 4) is 0 Å². The molecule has 1 atom stereocenters. The third kappa shape index (κ3) is 6.39. The van der Waals surface area contributed by atoms with Gasteiger partial charge in [0.15, 0.2) is 0 Å². The normalized spacial score (nSPS) is 19.7. The Morgan fingerprint density at radius 1 is 1.11 bits per heavy atom. The fourth-order valence-corrected chi connectivity index (χ4v) is 2.78. The number of nitrogens with two attached hydrogens (primary N) is 1. The molecule has 0 aromatic heterocycles. The SMILES string of the molecule is CC(C)=CCC/C(C)=C/C[C@@H](N)C1CCCCC1. The second-order valence-corrected chi connectivity index (χ2v) is 6.17. The average molecular weight is 249 g/mol. The summed E-state index contributed by atoms with van der Waals surface area (Å²) in [6.45, 7) is 6.57. The van der Waals surface area contributed by atoms with E-state index in [1.54, 1.807) is 0 Å². The highest BCUT2D eigenvalue weighted by Crippen LogP contribution is 2.27. The summed E-state index contributed by atoms with van der Waals surface area (Å²) < 4.78 is 0. The monoisotopic (exact) mass is 249 g/mol. The molecule has 2 N–H and O–H groups in total. The molecule has 104 valence electrons. The molecule has 0 saturated heterocycles. The Morgan fingerprint density at radius 2 is 1.78 bits per heavy atom. The molecule has 0 spiro atoms. The van der Waals surface area contributed by atoms with Crippen LogP contribution < -0.4 is 5.73 Å². The van der Waals surface area contributed by atoms with Gasteiger partial charge in [0.2, 0.25) is 0 Å². The van der Waals surface area contributed by atoms with Gasteiger partial charge in [0.1, 0.15) is 0 Å². The summed E-state index contributed by atoms with van der Waals surface area (Å²) in [5.41, 5.74) is 9.23. The first-order valence-corrected chi connectivity index (χ1v) is 7.64. The fourth-order valence-electron chi connectivity index (χ4n) is 2.78. The van der Waals surface area contributed by atoms with Crippen molar-refractivity contribution in [1.29, 1.82) is 0 Å². The minimum absolute atomic E-state index is 0.392. The lowest BCUT2D eigenvalue weighted by atomic mass is 9.83. The Kier molecular flexibility index (Phi) is 7.34. The molecule has 18 heavy (non-hydrogen) atoms. The molecule has 1 aliphatic rings. The van der Waals surface area contributed by atoms with Crippen LogP contribution in [0.1, 0.15) is 72.1 Å². The van der Waals surface area contributed by atoms with Gasteiger partial charge < -0.3 is 5.73 Å². The van der Waals surface area contributed by atoms with Crippen LogP contribution in [0.5, 0.6) is 0 Å². The van der Waals surface area contributed by atoms with Crippen LogP contribution >= 0.6 is 0 Å². The van der Waals surface area contributed by atoms with Crippen LogP contribution in [0.2, 0.25) is 0 Å². The molecule has 1 heteroatoms. The molecule has 1 saturated carbocycles. The Morgan fingerprint density at radius 3 is 2.39 bits per heavy atom. The average Bonchev–Trinajstić information content (AvgIpc) is 2.36. The minimum atomic E-state index is 0.392. The van der Waals surface area contributed by atoms with Crippen molar-refractivity contribution in [3.63, 3.8) is 0 Å². The summed E-state index contributed by atoms with van der Waals surface area (Å²) in [5, 5.41) is 0. The summed E-state index contributed by atoms with van der Waals surface area (Å²) in [6.07, 6.45) is 15.0. The van der Waals surface area contributed by atoms with E-state index in [0.29, 0.717) is 6.04 Å². The van der Waals surface area contributed by atoms with Crippen LogP contribution in [0.25, 0.3) is 0 Å². The van der Waals surface area contributed by atoms with Crippen molar-refractivity contribution in [3.05, 3.63) is 23.3 Å². The number of hydrogen-bond acceptors (Lipinski definition) is 1. The lowest BCUT2D eigenvalue weighted by Crippen LogP contribution is -2.31. The molecule has 0 heterocycles. The van der Waals surface area contributed by atoms with Crippen molar-refractivity contribution >= 4 is 0 Å². The highest BCUT2D eigenvalue weighted by Gasteiger charge is 2.19. The smallest absolute Gasteiger partial charge is 0.0102 e. The largest absolute Gasteiger partial charge is 0.327 e. The summed E-state index contributed by atoms with van der Waals surface area (Å²) in [4.78, 5) is 0. The Balaban J connectivity index is 2.26. The first-order chi connectivity index (χ1) is 8.59. The van der Waals surface area contributed by atoms with E-state index in [-0.39, 0.29) is 0 Å². The Bertz CT molecular complexity index is 278. The first kappa shape index (κ1) is 15.5. The molecule has 1 fully saturated rings. The summed E-state index contributed by atoms with van der Waals surface area (Å²) in [6, 6.07) is 0.392. The van der Waals surface area contributed by atoms with E-state index in [2.05, 4.69) is 32.9 Å². The van der Waals surface area contributed by atoms with E-state index in [1.165, 1.54) is 56.1 Å². The lowest BCUT2D eigenvalue weighted by molar-refractivity contribution is 0.305. The molecule has 1 aliphatic carbocycles. The van der Waals surface area contributed by atoms with Gasteiger partial charge >= 0.3 is 0 Å². The van der Waals surface area contributed by atoms with Crippen LogP contribution in [0.4, 0.5) is 0 Å². The predicted octanol–water partition coefficient (Wildman–Crippen LogP) is 4.98. The fraction of sp³-hybridized carbons (Fsp3) is 0.765. The van der Waals surface area contributed by atoms with Crippen LogP contribution in [0, 0.1) is 5.92 Å². The molecule has 0 radical (unpaired) electrons. The summed E-state index contributed by atoms with van der Waals surface area (Å²) in [5.74, 6) is 0.778. The number of rotatable bonds is 6.